The molecule has 0 saturated heterocycles. The summed E-state index contributed by atoms with van der Waals surface area (Å²) in [6.45, 7) is 31.7. The second-order valence-corrected chi connectivity index (χ2v) is 14.2. The van der Waals surface area contributed by atoms with E-state index in [9.17, 15) is 4.79 Å². The van der Waals surface area contributed by atoms with Crippen LogP contribution in [0.2, 0.25) is 0 Å². The molecule has 0 aliphatic heterocycles. The monoisotopic (exact) mass is 607 g/mol. The number of aldehydes is 1. The highest BCUT2D eigenvalue weighted by atomic mass is 16.1. The van der Waals surface area contributed by atoms with Crippen molar-refractivity contribution >= 4 is 12.2 Å². The first-order valence-corrected chi connectivity index (χ1v) is 19.0. The van der Waals surface area contributed by atoms with E-state index < -0.39 is 0 Å². The third kappa shape index (κ3) is 9.79. The van der Waals surface area contributed by atoms with Crippen LogP contribution in [0.1, 0.15) is 167 Å². The molecule has 256 valence electrons. The van der Waals surface area contributed by atoms with Crippen LogP contribution in [0.3, 0.4) is 0 Å². The maximum atomic E-state index is 13.0. The Kier molecular flexibility index (Phi) is 20.6. The molecule has 4 rings (SSSR count). The van der Waals surface area contributed by atoms with Crippen molar-refractivity contribution in [3.05, 3.63) is 0 Å². The average molecular weight is 607 g/mol. The van der Waals surface area contributed by atoms with E-state index in [0.29, 0.717) is 34.0 Å². The minimum absolute atomic E-state index is 0.312. The number of amides is 1. The number of hydrogen-bond donors (Lipinski definition) is 2. The lowest BCUT2D eigenvalue weighted by molar-refractivity contribution is -0.189. The summed E-state index contributed by atoms with van der Waals surface area (Å²) in [7, 11) is 0. The zero-order valence-electron chi connectivity index (χ0n) is 31.5. The highest BCUT2D eigenvalue weighted by Gasteiger charge is 2.67. The normalized spacial score (nSPS) is 37.0. The molecule has 43 heavy (non-hydrogen) atoms. The van der Waals surface area contributed by atoms with Crippen LogP contribution in [0.4, 0.5) is 0 Å². The van der Waals surface area contributed by atoms with E-state index in [1.54, 1.807) is 0 Å². The van der Waals surface area contributed by atoms with Crippen LogP contribution in [0, 0.1) is 51.8 Å². The molecule has 0 aromatic carbocycles. The predicted molar refractivity (Wildman–Crippen MR) is 189 cm³/mol. The summed E-state index contributed by atoms with van der Waals surface area (Å²) in [5, 5.41) is 6.74. The van der Waals surface area contributed by atoms with Crippen LogP contribution in [0.15, 0.2) is 0 Å². The molecular weight excluding hydrogens is 528 g/mol. The fraction of sp³-hybridized carbons (Fsp3) is 0.949. The van der Waals surface area contributed by atoms with Crippen molar-refractivity contribution in [2.24, 2.45) is 51.8 Å². The molecule has 0 aromatic rings. The Bertz CT molecular complexity index is 756. The van der Waals surface area contributed by atoms with Crippen molar-refractivity contribution < 1.29 is 9.59 Å². The molecule has 0 heterocycles. The van der Waals surface area contributed by atoms with Gasteiger partial charge in [0.05, 0.1) is 0 Å². The summed E-state index contributed by atoms with van der Waals surface area (Å²) in [5.41, 5.74) is 1.40. The first kappa shape index (κ1) is 42.1. The molecule has 0 aromatic heterocycles. The number of unbranched alkanes of at least 4 members (excludes halogenated alkanes) is 1. The van der Waals surface area contributed by atoms with Gasteiger partial charge < -0.3 is 15.4 Å². The topological polar surface area (TPSA) is 58.2 Å². The summed E-state index contributed by atoms with van der Waals surface area (Å²) >= 11 is 0. The van der Waals surface area contributed by atoms with Gasteiger partial charge in [-0.15, -0.1) is 0 Å². The van der Waals surface area contributed by atoms with Gasteiger partial charge in [0.15, 0.2) is 0 Å². The molecule has 2 N–H and O–H groups in total. The van der Waals surface area contributed by atoms with Crippen LogP contribution in [0.5, 0.6) is 0 Å². The lowest BCUT2D eigenvalue weighted by atomic mass is 9.37. The molecule has 4 heteroatoms. The van der Waals surface area contributed by atoms with Gasteiger partial charge in [0.1, 0.15) is 6.29 Å². The SMILES string of the molecule is CC.CC.CC.CC=O.CCCNCCCCNC(=O)CC1C(C)CC2(C)C1CCC1C3(C)CCC[C@@H](C)C3CC[C@@]12C. The van der Waals surface area contributed by atoms with Gasteiger partial charge in [0, 0.05) is 13.0 Å². The van der Waals surface area contributed by atoms with Crippen molar-refractivity contribution in [2.45, 2.75) is 167 Å². The third-order valence-corrected chi connectivity index (χ3v) is 12.3. The largest absolute Gasteiger partial charge is 0.356 e. The Morgan fingerprint density at radius 3 is 2.00 bits per heavy atom. The molecule has 0 bridgehead atoms. The first-order valence-electron chi connectivity index (χ1n) is 19.0. The van der Waals surface area contributed by atoms with Gasteiger partial charge in [-0.25, -0.2) is 0 Å². The summed E-state index contributed by atoms with van der Waals surface area (Å²) in [4.78, 5) is 21.8. The van der Waals surface area contributed by atoms with E-state index in [4.69, 9.17) is 4.79 Å². The van der Waals surface area contributed by atoms with E-state index in [2.05, 4.69) is 52.2 Å². The van der Waals surface area contributed by atoms with E-state index in [1.165, 1.54) is 64.7 Å². The van der Waals surface area contributed by atoms with Crippen LogP contribution in [-0.2, 0) is 9.59 Å². The summed E-state index contributed by atoms with van der Waals surface area (Å²) in [6, 6.07) is 0. The smallest absolute Gasteiger partial charge is 0.220 e. The molecule has 9 atom stereocenters. The molecule has 4 saturated carbocycles. The van der Waals surface area contributed by atoms with Crippen molar-refractivity contribution in [2.75, 3.05) is 19.6 Å². The van der Waals surface area contributed by atoms with Crippen LogP contribution >= 0.6 is 0 Å². The maximum Gasteiger partial charge on any atom is 0.220 e. The molecule has 4 fully saturated rings. The van der Waals surface area contributed by atoms with Gasteiger partial charge in [-0.1, -0.05) is 95.9 Å². The van der Waals surface area contributed by atoms with Crippen molar-refractivity contribution in [1.29, 1.82) is 0 Å². The molecule has 4 aliphatic rings. The lowest BCUT2D eigenvalue weighted by Gasteiger charge is -2.68. The minimum Gasteiger partial charge on any atom is -0.356 e. The second-order valence-electron chi connectivity index (χ2n) is 14.2. The van der Waals surface area contributed by atoms with Crippen LogP contribution in [0.25, 0.3) is 0 Å². The number of carbonyl (C=O) groups excluding carboxylic acids is 2. The molecule has 4 aliphatic carbocycles. The number of rotatable bonds is 9. The quantitative estimate of drug-likeness (QED) is 0.203. The molecule has 0 radical (unpaired) electrons. The van der Waals surface area contributed by atoms with E-state index in [0.717, 1.165) is 68.9 Å². The molecule has 0 spiro atoms. The van der Waals surface area contributed by atoms with Crippen LogP contribution in [-0.4, -0.2) is 31.8 Å². The van der Waals surface area contributed by atoms with Gasteiger partial charge in [-0.3, -0.25) is 4.79 Å². The number of hydrogen-bond acceptors (Lipinski definition) is 3. The van der Waals surface area contributed by atoms with E-state index in [1.807, 2.05) is 41.5 Å². The van der Waals surface area contributed by atoms with Gasteiger partial charge in [0.25, 0.3) is 0 Å². The standard InChI is InChI=1S/C31H56N2O.C2H4O.3C2H6/c1-7-17-32-18-8-9-19-33-28(34)20-24-23(3)21-31(6)26(24)12-13-27-29(4)15-10-11-22(2)25(29)14-16-30(27,31)5;1-2-3;3*1-2/h22-27,32H,7-21H2,1-6H3,(H,33,34);2H,1H3;3*1-2H3/t22-,23?,24?,25?,26?,27?,29?,30+,31?;;;;/m1..../s1. The van der Waals surface area contributed by atoms with Crippen molar-refractivity contribution in [1.82, 2.24) is 10.6 Å². The van der Waals surface area contributed by atoms with Crippen LogP contribution < -0.4 is 10.6 Å². The number of fused-ring (bicyclic) bond motifs is 5. The highest BCUT2D eigenvalue weighted by Crippen LogP contribution is 2.75. The highest BCUT2D eigenvalue weighted by molar-refractivity contribution is 5.76. The number of carbonyl (C=O) groups is 2. The zero-order valence-corrected chi connectivity index (χ0v) is 31.5. The summed E-state index contributed by atoms with van der Waals surface area (Å²) < 4.78 is 0. The Labute approximate surface area is 270 Å². The van der Waals surface area contributed by atoms with Crippen molar-refractivity contribution in [3.63, 3.8) is 0 Å². The zero-order chi connectivity index (χ0) is 33.3. The Hall–Kier alpha value is -0.900. The van der Waals surface area contributed by atoms with Gasteiger partial charge >= 0.3 is 0 Å². The fourth-order valence-electron chi connectivity index (χ4n) is 10.5. The fourth-order valence-corrected chi connectivity index (χ4v) is 10.5. The Balaban J connectivity index is 0.00000178. The van der Waals surface area contributed by atoms with Gasteiger partial charge in [0.2, 0.25) is 5.91 Å². The van der Waals surface area contributed by atoms with E-state index in [-0.39, 0.29) is 0 Å². The second kappa shape index (κ2) is 21.0. The van der Waals surface area contributed by atoms with Gasteiger partial charge in [-0.05, 0) is 130 Å². The molecule has 7 unspecified atom stereocenters. The van der Waals surface area contributed by atoms with E-state index >= 15 is 0 Å². The minimum atomic E-state index is 0.312. The van der Waals surface area contributed by atoms with Gasteiger partial charge in [-0.2, -0.15) is 0 Å². The Morgan fingerprint density at radius 2 is 1.40 bits per heavy atom. The molecular formula is C39H78N2O2. The maximum absolute atomic E-state index is 13.0. The summed E-state index contributed by atoms with van der Waals surface area (Å²) in [6.07, 6.45) is 16.3. The van der Waals surface area contributed by atoms with Crippen molar-refractivity contribution in [3.8, 4) is 0 Å². The number of nitrogens with one attached hydrogen (secondary N) is 2. The average Bonchev–Trinajstić information content (AvgIpc) is 3.25. The molecule has 1 amide bonds. The molecule has 4 nitrogen and oxygen atoms in total. The Morgan fingerprint density at radius 1 is 0.791 bits per heavy atom. The summed E-state index contributed by atoms with van der Waals surface area (Å²) in [5.74, 6) is 5.02. The lowest BCUT2D eigenvalue weighted by Crippen LogP contribution is -2.60. The predicted octanol–water partition coefficient (Wildman–Crippen LogP) is 10.5. The third-order valence-electron chi connectivity index (χ3n) is 12.3. The first-order chi connectivity index (χ1) is 20.6.